The van der Waals surface area contributed by atoms with Gasteiger partial charge in [0, 0.05) is 5.41 Å². The summed E-state index contributed by atoms with van der Waals surface area (Å²) in [7, 11) is 0. The van der Waals surface area contributed by atoms with E-state index in [0.717, 1.165) is 37.9 Å². The predicted molar refractivity (Wildman–Crippen MR) is 116 cm³/mol. The number of rotatable bonds is 3. The summed E-state index contributed by atoms with van der Waals surface area (Å²) in [6.07, 6.45) is 4.81. The van der Waals surface area contributed by atoms with Crippen LogP contribution in [0.4, 0.5) is 0 Å². The Morgan fingerprint density at radius 1 is 1.13 bits per heavy atom. The molecule has 4 unspecified atom stereocenters. The smallest absolute Gasteiger partial charge is 0.158 e. The van der Waals surface area contributed by atoms with Crippen LogP contribution >= 0.6 is 0 Å². The highest BCUT2D eigenvalue weighted by molar-refractivity contribution is 5.94. The lowest BCUT2D eigenvalue weighted by Gasteiger charge is -2.48. The molecule has 0 aliphatic heterocycles. The van der Waals surface area contributed by atoms with E-state index in [4.69, 9.17) is 4.74 Å². The van der Waals surface area contributed by atoms with Gasteiger partial charge in [0.1, 0.15) is 17.8 Å². The molecule has 0 radical (unpaired) electrons. The molecule has 0 N–H and O–H groups in total. The molecule has 2 saturated carbocycles. The number of carbonyl (C=O) groups is 1. The van der Waals surface area contributed by atoms with Gasteiger partial charge in [-0.05, 0) is 85.6 Å². The fourth-order valence-electron chi connectivity index (χ4n) is 6.63. The fourth-order valence-corrected chi connectivity index (χ4v) is 6.63. The number of hydrogen-bond donors (Lipinski definition) is 0. The molecule has 2 aromatic carbocycles. The van der Waals surface area contributed by atoms with E-state index < -0.39 is 5.41 Å². The zero-order valence-corrected chi connectivity index (χ0v) is 17.9. The summed E-state index contributed by atoms with van der Waals surface area (Å²) in [5.41, 5.74) is 2.90. The highest BCUT2D eigenvalue weighted by atomic mass is 16.5. The first-order chi connectivity index (χ1) is 14.4. The Balaban J connectivity index is 1.37. The van der Waals surface area contributed by atoms with E-state index in [0.29, 0.717) is 24.4 Å². The van der Waals surface area contributed by atoms with Crippen LogP contribution in [-0.4, -0.2) is 5.78 Å². The van der Waals surface area contributed by atoms with Crippen LogP contribution in [0.3, 0.4) is 0 Å². The van der Waals surface area contributed by atoms with Crippen molar-refractivity contribution in [2.75, 3.05) is 0 Å². The van der Waals surface area contributed by atoms with Gasteiger partial charge >= 0.3 is 0 Å². The highest BCUT2D eigenvalue weighted by Gasteiger charge is 2.62. The molecule has 3 nitrogen and oxygen atoms in total. The molecule has 2 fully saturated rings. The summed E-state index contributed by atoms with van der Waals surface area (Å²) in [5.74, 6) is 2.46. The summed E-state index contributed by atoms with van der Waals surface area (Å²) >= 11 is 0. The topological polar surface area (TPSA) is 50.1 Å². The molecule has 3 aliphatic rings. The minimum atomic E-state index is -0.802. The van der Waals surface area contributed by atoms with Gasteiger partial charge in [-0.25, -0.2) is 0 Å². The van der Waals surface area contributed by atoms with Crippen molar-refractivity contribution in [1.29, 1.82) is 5.26 Å². The summed E-state index contributed by atoms with van der Waals surface area (Å²) in [4.78, 5) is 13.1. The zero-order chi connectivity index (χ0) is 20.9. The van der Waals surface area contributed by atoms with Gasteiger partial charge in [-0.1, -0.05) is 43.3 Å². The quantitative estimate of drug-likeness (QED) is 0.652. The van der Waals surface area contributed by atoms with Crippen LogP contribution in [0.1, 0.15) is 62.1 Å². The molecule has 154 valence electrons. The SMILES string of the molecule is CC1(C#N)CC2C3CCc4cc(OCc5ccccc5)ccc4C3CC[C@]2(C)C1=O. The monoisotopic (exact) mass is 399 g/mol. The molecule has 0 amide bonds. The van der Waals surface area contributed by atoms with Crippen LogP contribution in [0.25, 0.3) is 0 Å². The normalized spacial score (nSPS) is 34.4. The van der Waals surface area contributed by atoms with Gasteiger partial charge in [0.05, 0.1) is 6.07 Å². The molecule has 5 rings (SSSR count). The minimum absolute atomic E-state index is 0.191. The first kappa shape index (κ1) is 19.4. The van der Waals surface area contributed by atoms with E-state index in [1.165, 1.54) is 16.7 Å². The summed E-state index contributed by atoms with van der Waals surface area (Å²) in [6.45, 7) is 4.58. The number of benzene rings is 2. The predicted octanol–water partition coefficient (Wildman–Crippen LogP) is 5.83. The zero-order valence-electron chi connectivity index (χ0n) is 17.9. The number of nitriles is 1. The van der Waals surface area contributed by atoms with Gasteiger partial charge in [0.2, 0.25) is 0 Å². The molecule has 0 spiro atoms. The van der Waals surface area contributed by atoms with Gasteiger partial charge < -0.3 is 4.74 Å². The van der Waals surface area contributed by atoms with Gasteiger partial charge in [-0.3, -0.25) is 4.79 Å². The van der Waals surface area contributed by atoms with E-state index in [1.807, 2.05) is 25.1 Å². The minimum Gasteiger partial charge on any atom is -0.489 e. The summed E-state index contributed by atoms with van der Waals surface area (Å²) < 4.78 is 6.05. The standard InChI is InChI=1S/C27H29NO2/c1-26(17-28)15-24-23-10-8-19-14-20(30-16-18-6-4-3-5-7-18)9-11-21(19)22(23)12-13-27(24,2)25(26)29/h3-7,9,11,14,22-24H,8,10,12-13,15-16H2,1-2H3/t22?,23?,24?,26?,27-/m0/s1. The van der Waals surface area contributed by atoms with Crippen LogP contribution in [0.2, 0.25) is 0 Å². The van der Waals surface area contributed by atoms with E-state index in [2.05, 4.69) is 43.3 Å². The van der Waals surface area contributed by atoms with Gasteiger partial charge in [0.15, 0.2) is 5.78 Å². The summed E-state index contributed by atoms with van der Waals surface area (Å²) in [5, 5.41) is 9.69. The Kier molecular flexibility index (Phi) is 4.51. The van der Waals surface area contributed by atoms with E-state index in [1.54, 1.807) is 0 Å². The van der Waals surface area contributed by atoms with Crippen molar-refractivity contribution in [3.8, 4) is 11.8 Å². The van der Waals surface area contributed by atoms with Crippen LogP contribution in [0.5, 0.6) is 5.75 Å². The Hall–Kier alpha value is -2.60. The highest BCUT2D eigenvalue weighted by Crippen LogP contribution is 2.63. The number of nitrogens with zero attached hydrogens (tertiary/aromatic N) is 1. The molecule has 3 heteroatoms. The number of ether oxygens (including phenoxy) is 1. The van der Waals surface area contributed by atoms with Crippen LogP contribution in [0, 0.1) is 34.0 Å². The average molecular weight is 400 g/mol. The number of aryl methyl sites for hydroxylation is 1. The molecule has 30 heavy (non-hydrogen) atoms. The summed E-state index contributed by atoms with van der Waals surface area (Å²) in [6, 6.07) is 19.2. The number of fused-ring (bicyclic) bond motifs is 5. The van der Waals surface area contributed by atoms with Crippen molar-refractivity contribution in [2.24, 2.45) is 22.7 Å². The molecular formula is C27H29NO2. The van der Waals surface area contributed by atoms with E-state index >= 15 is 0 Å². The second-order valence-corrected chi connectivity index (χ2v) is 9.98. The van der Waals surface area contributed by atoms with Gasteiger partial charge in [-0.15, -0.1) is 0 Å². The molecule has 0 heterocycles. The van der Waals surface area contributed by atoms with E-state index in [-0.39, 0.29) is 11.2 Å². The largest absolute Gasteiger partial charge is 0.489 e. The van der Waals surface area contributed by atoms with Crippen molar-refractivity contribution in [1.82, 2.24) is 0 Å². The second-order valence-electron chi connectivity index (χ2n) is 9.98. The Morgan fingerprint density at radius 3 is 2.70 bits per heavy atom. The van der Waals surface area contributed by atoms with Gasteiger partial charge in [-0.2, -0.15) is 5.26 Å². The fraction of sp³-hybridized carbons (Fsp3) is 0.481. The van der Waals surface area contributed by atoms with Crippen LogP contribution < -0.4 is 4.74 Å². The number of hydrogen-bond acceptors (Lipinski definition) is 3. The van der Waals surface area contributed by atoms with Gasteiger partial charge in [0.25, 0.3) is 0 Å². The third-order valence-electron chi connectivity index (χ3n) is 8.23. The third-order valence-corrected chi connectivity index (χ3v) is 8.23. The molecule has 3 aliphatic carbocycles. The lowest BCUT2D eigenvalue weighted by atomic mass is 9.55. The molecule has 0 aromatic heterocycles. The van der Waals surface area contributed by atoms with Crippen molar-refractivity contribution in [3.05, 3.63) is 65.2 Å². The van der Waals surface area contributed by atoms with E-state index in [9.17, 15) is 10.1 Å². The Labute approximate surface area is 179 Å². The second kappa shape index (κ2) is 6.98. The number of carbonyl (C=O) groups excluding carboxylic acids is 1. The first-order valence-electron chi connectivity index (χ1n) is 11.2. The average Bonchev–Trinajstić information content (AvgIpc) is 2.99. The molecule has 2 aromatic rings. The third kappa shape index (κ3) is 2.88. The lowest BCUT2D eigenvalue weighted by molar-refractivity contribution is -0.133. The number of ketones is 1. The van der Waals surface area contributed by atoms with Crippen molar-refractivity contribution < 1.29 is 9.53 Å². The van der Waals surface area contributed by atoms with Crippen molar-refractivity contribution >= 4 is 5.78 Å². The maximum atomic E-state index is 13.1. The Bertz CT molecular complexity index is 1020. The Morgan fingerprint density at radius 2 is 1.93 bits per heavy atom. The molecule has 5 atom stereocenters. The van der Waals surface area contributed by atoms with Crippen molar-refractivity contribution in [3.63, 3.8) is 0 Å². The first-order valence-corrected chi connectivity index (χ1v) is 11.2. The van der Waals surface area contributed by atoms with Crippen molar-refractivity contribution in [2.45, 2.75) is 58.5 Å². The van der Waals surface area contributed by atoms with Crippen LogP contribution in [0.15, 0.2) is 48.5 Å². The molecule has 0 bridgehead atoms. The number of Topliss-reactive ketones (excluding diaryl/α,β-unsaturated/α-hetero) is 1. The maximum absolute atomic E-state index is 13.1. The maximum Gasteiger partial charge on any atom is 0.158 e. The lowest BCUT2D eigenvalue weighted by Crippen LogP contribution is -2.43. The molecule has 0 saturated heterocycles. The van der Waals surface area contributed by atoms with Crippen LogP contribution in [-0.2, 0) is 17.8 Å². The molecular weight excluding hydrogens is 370 g/mol.